The molecule has 1 aromatic rings. The number of rotatable bonds is 0. The van der Waals surface area contributed by atoms with E-state index in [-0.39, 0.29) is 0 Å². The third-order valence-corrected chi connectivity index (χ3v) is 1.83. The molecule has 1 radical (unpaired) electrons. The summed E-state index contributed by atoms with van der Waals surface area (Å²) in [4.78, 5) is 0. The van der Waals surface area contributed by atoms with Gasteiger partial charge in [0.05, 0.1) is 11.6 Å². The molecule has 0 aliphatic rings. The van der Waals surface area contributed by atoms with E-state index >= 15 is 0 Å². The molecule has 0 spiro atoms. The molecule has 0 heterocycles. The lowest BCUT2D eigenvalue weighted by atomic mass is 10.0. The van der Waals surface area contributed by atoms with Gasteiger partial charge in [-0.05, 0) is 49.6 Å². The monoisotopic (exact) mass is 144 g/mol. The average molecular weight is 144 g/mol. The van der Waals surface area contributed by atoms with E-state index in [0.717, 1.165) is 16.7 Å². The van der Waals surface area contributed by atoms with Crippen molar-refractivity contribution in [2.45, 2.75) is 13.8 Å². The Hall–Kier alpha value is -1.29. The molecule has 0 unspecified atom stereocenters. The van der Waals surface area contributed by atoms with Crippen molar-refractivity contribution in [2.24, 2.45) is 0 Å². The fraction of sp³-hybridized carbons (Fsp3) is 0.200. The SMILES string of the molecule is [CH2]c1c(C)cc(C#N)cc1C. The summed E-state index contributed by atoms with van der Waals surface area (Å²) in [7, 11) is 0. The normalized spacial score (nSPS) is 9.27. The van der Waals surface area contributed by atoms with Crippen LogP contribution in [0.25, 0.3) is 0 Å². The minimum absolute atomic E-state index is 0.715. The maximum atomic E-state index is 8.61. The molecule has 11 heavy (non-hydrogen) atoms. The van der Waals surface area contributed by atoms with Crippen LogP contribution in [0.1, 0.15) is 22.3 Å². The number of nitriles is 1. The Morgan fingerprint density at radius 3 is 2.09 bits per heavy atom. The molecule has 0 saturated carbocycles. The first kappa shape index (κ1) is 7.81. The highest BCUT2D eigenvalue weighted by molar-refractivity contribution is 5.43. The molecule has 0 saturated heterocycles. The van der Waals surface area contributed by atoms with E-state index in [9.17, 15) is 0 Å². The minimum Gasteiger partial charge on any atom is -0.192 e. The van der Waals surface area contributed by atoms with Crippen LogP contribution in [-0.2, 0) is 0 Å². The number of hydrogen-bond acceptors (Lipinski definition) is 1. The number of aryl methyl sites for hydroxylation is 2. The van der Waals surface area contributed by atoms with Gasteiger partial charge in [0.1, 0.15) is 0 Å². The molecule has 1 heteroatoms. The smallest absolute Gasteiger partial charge is 0.0991 e. The van der Waals surface area contributed by atoms with Crippen LogP contribution in [0, 0.1) is 32.1 Å². The van der Waals surface area contributed by atoms with E-state index in [1.54, 1.807) is 0 Å². The molecule has 0 bridgehead atoms. The van der Waals surface area contributed by atoms with Crippen molar-refractivity contribution in [1.29, 1.82) is 5.26 Å². The van der Waals surface area contributed by atoms with E-state index < -0.39 is 0 Å². The topological polar surface area (TPSA) is 23.8 Å². The predicted octanol–water partition coefficient (Wildman–Crippen LogP) is 2.36. The lowest BCUT2D eigenvalue weighted by molar-refractivity contribution is 1.31. The quantitative estimate of drug-likeness (QED) is 0.548. The van der Waals surface area contributed by atoms with Gasteiger partial charge in [0.25, 0.3) is 0 Å². The standard InChI is InChI=1S/C10H10N/c1-7-4-10(6-11)5-8(2)9(7)3/h4-5H,3H2,1-2H3. The van der Waals surface area contributed by atoms with Crippen LogP contribution in [0.2, 0.25) is 0 Å². The van der Waals surface area contributed by atoms with E-state index in [2.05, 4.69) is 13.0 Å². The first-order valence-corrected chi connectivity index (χ1v) is 3.48. The predicted molar refractivity (Wildman–Crippen MR) is 45.1 cm³/mol. The summed E-state index contributed by atoms with van der Waals surface area (Å²) >= 11 is 0. The molecule has 0 N–H and O–H groups in total. The Morgan fingerprint density at radius 2 is 1.73 bits per heavy atom. The molecule has 0 aromatic heterocycles. The van der Waals surface area contributed by atoms with Crippen LogP contribution < -0.4 is 0 Å². The van der Waals surface area contributed by atoms with Crippen LogP contribution in [0.15, 0.2) is 12.1 Å². The zero-order valence-corrected chi connectivity index (χ0v) is 6.81. The van der Waals surface area contributed by atoms with Crippen LogP contribution in [0.5, 0.6) is 0 Å². The number of benzene rings is 1. The lowest BCUT2D eigenvalue weighted by Gasteiger charge is -2.03. The fourth-order valence-electron chi connectivity index (χ4n) is 1.06. The van der Waals surface area contributed by atoms with E-state index in [1.807, 2.05) is 26.0 Å². The van der Waals surface area contributed by atoms with Gasteiger partial charge >= 0.3 is 0 Å². The summed E-state index contributed by atoms with van der Waals surface area (Å²) in [5, 5.41) is 8.61. The summed E-state index contributed by atoms with van der Waals surface area (Å²) in [5.41, 5.74) is 3.92. The maximum absolute atomic E-state index is 8.61. The molecule has 1 aromatic carbocycles. The summed E-state index contributed by atoms with van der Waals surface area (Å²) in [5.74, 6) is 0. The van der Waals surface area contributed by atoms with Gasteiger partial charge in [-0.25, -0.2) is 0 Å². The second kappa shape index (κ2) is 2.75. The Balaban J connectivity index is 3.35. The molecule has 0 aliphatic heterocycles. The van der Waals surface area contributed by atoms with Crippen molar-refractivity contribution in [1.82, 2.24) is 0 Å². The molecule has 0 amide bonds. The molecular weight excluding hydrogens is 134 g/mol. The molecule has 0 aliphatic carbocycles. The van der Waals surface area contributed by atoms with Gasteiger partial charge in [0.2, 0.25) is 0 Å². The van der Waals surface area contributed by atoms with Crippen molar-refractivity contribution in [3.63, 3.8) is 0 Å². The first-order chi connectivity index (χ1) is 5.15. The molecule has 0 atom stereocenters. The molecule has 1 rings (SSSR count). The third-order valence-electron chi connectivity index (χ3n) is 1.83. The fourth-order valence-corrected chi connectivity index (χ4v) is 1.06. The number of hydrogen-bond donors (Lipinski definition) is 0. The zero-order valence-electron chi connectivity index (χ0n) is 6.81. The summed E-state index contributed by atoms with van der Waals surface area (Å²) < 4.78 is 0. The highest BCUT2D eigenvalue weighted by atomic mass is 14.2. The Labute approximate surface area is 67.3 Å². The van der Waals surface area contributed by atoms with Gasteiger partial charge in [-0.1, -0.05) is 0 Å². The highest BCUT2D eigenvalue weighted by Crippen LogP contribution is 2.14. The van der Waals surface area contributed by atoms with Gasteiger partial charge in [0.15, 0.2) is 0 Å². The number of nitrogens with zero attached hydrogens (tertiary/aromatic N) is 1. The zero-order chi connectivity index (χ0) is 8.43. The summed E-state index contributed by atoms with van der Waals surface area (Å²) in [6.07, 6.45) is 0. The summed E-state index contributed by atoms with van der Waals surface area (Å²) in [6, 6.07) is 5.82. The third kappa shape index (κ3) is 1.40. The maximum Gasteiger partial charge on any atom is 0.0991 e. The minimum atomic E-state index is 0.715. The van der Waals surface area contributed by atoms with Crippen molar-refractivity contribution in [2.75, 3.05) is 0 Å². The first-order valence-electron chi connectivity index (χ1n) is 3.48. The Morgan fingerprint density at radius 1 is 1.27 bits per heavy atom. The van der Waals surface area contributed by atoms with Crippen LogP contribution in [0.4, 0.5) is 0 Å². The summed E-state index contributed by atoms with van der Waals surface area (Å²) in [6.45, 7) is 7.82. The largest absolute Gasteiger partial charge is 0.192 e. The van der Waals surface area contributed by atoms with Crippen LogP contribution in [0.3, 0.4) is 0 Å². The van der Waals surface area contributed by atoms with Crippen LogP contribution in [-0.4, -0.2) is 0 Å². The molecule has 55 valence electrons. The second-order valence-corrected chi connectivity index (χ2v) is 2.70. The lowest BCUT2D eigenvalue weighted by Crippen LogP contribution is -1.87. The van der Waals surface area contributed by atoms with Crippen molar-refractivity contribution < 1.29 is 0 Å². The van der Waals surface area contributed by atoms with Gasteiger partial charge in [-0.2, -0.15) is 5.26 Å². The van der Waals surface area contributed by atoms with E-state index in [1.165, 1.54) is 0 Å². The van der Waals surface area contributed by atoms with Crippen molar-refractivity contribution >= 4 is 0 Å². The van der Waals surface area contributed by atoms with Gasteiger partial charge in [-0.3, -0.25) is 0 Å². The molecule has 0 fully saturated rings. The van der Waals surface area contributed by atoms with Gasteiger partial charge in [0, 0.05) is 0 Å². The highest BCUT2D eigenvalue weighted by Gasteiger charge is 1.98. The Bertz CT molecular complexity index is 295. The van der Waals surface area contributed by atoms with Crippen LogP contribution >= 0.6 is 0 Å². The molecular formula is C10H10N. The van der Waals surface area contributed by atoms with Crippen molar-refractivity contribution in [3.8, 4) is 6.07 Å². The van der Waals surface area contributed by atoms with E-state index in [4.69, 9.17) is 5.26 Å². The second-order valence-electron chi connectivity index (χ2n) is 2.70. The van der Waals surface area contributed by atoms with Crippen molar-refractivity contribution in [3.05, 3.63) is 41.3 Å². The molecule has 1 nitrogen and oxygen atoms in total. The average Bonchev–Trinajstić information content (AvgIpc) is 1.99. The van der Waals surface area contributed by atoms with E-state index in [0.29, 0.717) is 5.56 Å². The van der Waals surface area contributed by atoms with Gasteiger partial charge < -0.3 is 0 Å². The Kier molecular flexibility index (Phi) is 1.96. The van der Waals surface area contributed by atoms with Gasteiger partial charge in [-0.15, -0.1) is 0 Å².